The Balaban J connectivity index is 1.34. The average molecular weight is 361 g/mol. The fraction of sp³-hybridized carbons (Fsp3) is 0.273. The number of morpholine rings is 1. The first kappa shape index (κ1) is 17.6. The van der Waals surface area contributed by atoms with Crippen molar-refractivity contribution in [2.45, 2.75) is 13.1 Å². The van der Waals surface area contributed by atoms with E-state index in [4.69, 9.17) is 4.74 Å². The molecular weight excluding hydrogens is 338 g/mol. The third-order valence-corrected chi connectivity index (χ3v) is 4.82. The summed E-state index contributed by atoms with van der Waals surface area (Å²) >= 11 is 0. The minimum atomic E-state index is -0.154. The molecule has 5 nitrogen and oxygen atoms in total. The summed E-state index contributed by atoms with van der Waals surface area (Å²) in [6, 6.07) is 19.9. The van der Waals surface area contributed by atoms with E-state index in [1.165, 1.54) is 5.56 Å². The van der Waals surface area contributed by atoms with Gasteiger partial charge in [-0.25, -0.2) is 4.98 Å². The van der Waals surface area contributed by atoms with Crippen LogP contribution in [0.25, 0.3) is 10.9 Å². The van der Waals surface area contributed by atoms with Gasteiger partial charge < -0.3 is 10.1 Å². The summed E-state index contributed by atoms with van der Waals surface area (Å²) in [6.07, 6.45) is 0. The van der Waals surface area contributed by atoms with Crippen LogP contribution < -0.4 is 5.32 Å². The number of pyridine rings is 1. The molecule has 0 bridgehead atoms. The first-order valence-electron chi connectivity index (χ1n) is 9.30. The van der Waals surface area contributed by atoms with Crippen LogP contribution in [0.4, 0.5) is 0 Å². The summed E-state index contributed by atoms with van der Waals surface area (Å²) in [5, 5.41) is 3.98. The zero-order chi connectivity index (χ0) is 18.5. The monoisotopic (exact) mass is 361 g/mol. The van der Waals surface area contributed by atoms with Crippen LogP contribution >= 0.6 is 0 Å². The lowest BCUT2D eigenvalue weighted by Crippen LogP contribution is -2.35. The van der Waals surface area contributed by atoms with Crippen molar-refractivity contribution in [3.63, 3.8) is 0 Å². The number of nitrogens with zero attached hydrogens (tertiary/aromatic N) is 2. The van der Waals surface area contributed by atoms with Gasteiger partial charge in [-0.05, 0) is 23.3 Å². The Morgan fingerprint density at radius 1 is 0.963 bits per heavy atom. The van der Waals surface area contributed by atoms with E-state index < -0.39 is 0 Å². The largest absolute Gasteiger partial charge is 0.379 e. The predicted molar refractivity (Wildman–Crippen MR) is 105 cm³/mol. The Morgan fingerprint density at radius 2 is 1.70 bits per heavy atom. The van der Waals surface area contributed by atoms with Gasteiger partial charge in [0.25, 0.3) is 5.91 Å². The fourth-order valence-electron chi connectivity index (χ4n) is 3.25. The van der Waals surface area contributed by atoms with E-state index in [0.717, 1.165) is 49.3 Å². The molecule has 1 aromatic heterocycles. The maximum Gasteiger partial charge on any atom is 0.270 e. The van der Waals surface area contributed by atoms with E-state index in [-0.39, 0.29) is 5.91 Å². The molecule has 4 rings (SSSR count). The van der Waals surface area contributed by atoms with E-state index >= 15 is 0 Å². The lowest BCUT2D eigenvalue weighted by Gasteiger charge is -2.26. The van der Waals surface area contributed by atoms with E-state index in [1.807, 2.05) is 30.3 Å². The van der Waals surface area contributed by atoms with Crippen LogP contribution in [0, 0.1) is 0 Å². The molecule has 0 radical (unpaired) electrons. The minimum absolute atomic E-state index is 0.154. The lowest BCUT2D eigenvalue weighted by molar-refractivity contribution is 0.0342. The molecule has 1 saturated heterocycles. The van der Waals surface area contributed by atoms with Crippen LogP contribution in [0.5, 0.6) is 0 Å². The number of carbonyl (C=O) groups excluding carboxylic acids is 1. The van der Waals surface area contributed by atoms with E-state index in [9.17, 15) is 4.79 Å². The van der Waals surface area contributed by atoms with Crippen LogP contribution in [0.2, 0.25) is 0 Å². The summed E-state index contributed by atoms with van der Waals surface area (Å²) < 4.78 is 5.38. The van der Waals surface area contributed by atoms with Gasteiger partial charge in [-0.1, -0.05) is 48.5 Å². The molecule has 5 heteroatoms. The third kappa shape index (κ3) is 4.51. The number of ether oxygens (including phenoxy) is 1. The topological polar surface area (TPSA) is 54.5 Å². The molecule has 0 aliphatic carbocycles. The SMILES string of the molecule is O=C(NCc1ccc(CN2CCOCC2)cc1)c1ccc2ccccc2n1. The van der Waals surface area contributed by atoms with Gasteiger partial charge in [0.2, 0.25) is 0 Å². The maximum absolute atomic E-state index is 12.4. The van der Waals surface area contributed by atoms with E-state index in [0.29, 0.717) is 12.2 Å². The van der Waals surface area contributed by atoms with Crippen LogP contribution in [0.3, 0.4) is 0 Å². The summed E-state index contributed by atoms with van der Waals surface area (Å²) in [7, 11) is 0. The first-order chi connectivity index (χ1) is 13.3. The molecule has 1 aliphatic rings. The molecule has 1 N–H and O–H groups in total. The molecule has 1 amide bonds. The molecule has 2 aromatic carbocycles. The lowest BCUT2D eigenvalue weighted by atomic mass is 10.1. The molecule has 138 valence electrons. The number of carbonyl (C=O) groups is 1. The zero-order valence-corrected chi connectivity index (χ0v) is 15.2. The number of para-hydroxylation sites is 1. The van der Waals surface area contributed by atoms with Crippen molar-refractivity contribution < 1.29 is 9.53 Å². The third-order valence-electron chi connectivity index (χ3n) is 4.82. The quantitative estimate of drug-likeness (QED) is 0.759. The Kier molecular flexibility index (Phi) is 5.42. The highest BCUT2D eigenvalue weighted by Crippen LogP contribution is 2.12. The molecule has 2 heterocycles. The summed E-state index contributed by atoms with van der Waals surface area (Å²) in [6.45, 7) is 5.02. The highest BCUT2D eigenvalue weighted by Gasteiger charge is 2.11. The number of aromatic nitrogens is 1. The number of hydrogen-bond donors (Lipinski definition) is 1. The van der Waals surface area contributed by atoms with E-state index in [2.05, 4.69) is 39.5 Å². The van der Waals surface area contributed by atoms with Crippen LogP contribution in [-0.2, 0) is 17.8 Å². The molecule has 1 fully saturated rings. The van der Waals surface area contributed by atoms with E-state index in [1.54, 1.807) is 6.07 Å². The van der Waals surface area contributed by atoms with Gasteiger partial charge in [-0.15, -0.1) is 0 Å². The Bertz CT molecular complexity index is 918. The number of benzene rings is 2. The molecule has 0 spiro atoms. The molecule has 0 atom stereocenters. The predicted octanol–water partition coefficient (Wildman–Crippen LogP) is 3.00. The number of fused-ring (bicyclic) bond motifs is 1. The Labute approximate surface area is 159 Å². The van der Waals surface area contributed by atoms with Crippen LogP contribution in [0.1, 0.15) is 21.6 Å². The Hall–Kier alpha value is -2.76. The number of nitrogens with one attached hydrogen (secondary N) is 1. The molecule has 0 unspecified atom stereocenters. The van der Waals surface area contributed by atoms with Crippen molar-refractivity contribution in [3.8, 4) is 0 Å². The van der Waals surface area contributed by atoms with Crippen molar-refractivity contribution in [2.75, 3.05) is 26.3 Å². The highest BCUT2D eigenvalue weighted by atomic mass is 16.5. The molecule has 27 heavy (non-hydrogen) atoms. The van der Waals surface area contributed by atoms with Crippen molar-refractivity contribution in [1.82, 2.24) is 15.2 Å². The smallest absolute Gasteiger partial charge is 0.270 e. The van der Waals surface area contributed by atoms with Crippen molar-refractivity contribution in [1.29, 1.82) is 0 Å². The second-order valence-corrected chi connectivity index (χ2v) is 6.78. The normalized spacial score (nSPS) is 15.0. The van der Waals surface area contributed by atoms with Gasteiger partial charge in [0.1, 0.15) is 5.69 Å². The average Bonchev–Trinajstić information content (AvgIpc) is 2.73. The first-order valence-corrected chi connectivity index (χ1v) is 9.30. The number of hydrogen-bond acceptors (Lipinski definition) is 4. The Morgan fingerprint density at radius 3 is 2.52 bits per heavy atom. The molecule has 1 aliphatic heterocycles. The van der Waals surface area contributed by atoms with Crippen LogP contribution in [0.15, 0.2) is 60.7 Å². The summed E-state index contributed by atoms with van der Waals surface area (Å²) in [4.78, 5) is 19.2. The molecular formula is C22H23N3O2. The maximum atomic E-state index is 12.4. The van der Waals surface area contributed by atoms with Gasteiger partial charge in [0, 0.05) is 31.6 Å². The van der Waals surface area contributed by atoms with Crippen molar-refractivity contribution >= 4 is 16.8 Å². The molecule has 3 aromatic rings. The van der Waals surface area contributed by atoms with Gasteiger partial charge in [-0.3, -0.25) is 9.69 Å². The van der Waals surface area contributed by atoms with Crippen molar-refractivity contribution in [2.24, 2.45) is 0 Å². The van der Waals surface area contributed by atoms with Crippen LogP contribution in [-0.4, -0.2) is 42.1 Å². The number of rotatable bonds is 5. The summed E-state index contributed by atoms with van der Waals surface area (Å²) in [5.41, 5.74) is 3.63. The van der Waals surface area contributed by atoms with Gasteiger partial charge in [-0.2, -0.15) is 0 Å². The number of amides is 1. The fourth-order valence-corrected chi connectivity index (χ4v) is 3.25. The van der Waals surface area contributed by atoms with Gasteiger partial charge >= 0.3 is 0 Å². The highest BCUT2D eigenvalue weighted by molar-refractivity contribution is 5.94. The minimum Gasteiger partial charge on any atom is -0.379 e. The zero-order valence-electron chi connectivity index (χ0n) is 15.2. The molecule has 0 saturated carbocycles. The second-order valence-electron chi connectivity index (χ2n) is 6.78. The van der Waals surface area contributed by atoms with Crippen molar-refractivity contribution in [3.05, 3.63) is 77.5 Å². The standard InChI is InChI=1S/C22H23N3O2/c26-22(21-10-9-19-3-1-2-4-20(19)24-21)23-15-17-5-7-18(8-6-17)16-25-11-13-27-14-12-25/h1-10H,11-16H2,(H,23,26). The summed E-state index contributed by atoms with van der Waals surface area (Å²) in [5.74, 6) is -0.154. The van der Waals surface area contributed by atoms with Gasteiger partial charge in [0.15, 0.2) is 0 Å². The second kappa shape index (κ2) is 8.29. The van der Waals surface area contributed by atoms with Gasteiger partial charge in [0.05, 0.1) is 18.7 Å².